The quantitative estimate of drug-likeness (QED) is 0.824. The first-order valence-electron chi connectivity index (χ1n) is 7.97. The van der Waals surface area contributed by atoms with Crippen LogP contribution in [0.3, 0.4) is 0 Å². The Bertz CT molecular complexity index is 462. The third kappa shape index (κ3) is 3.66. The summed E-state index contributed by atoms with van der Waals surface area (Å²) in [6, 6.07) is 7.34. The van der Waals surface area contributed by atoms with E-state index in [1.165, 1.54) is 51.4 Å². The van der Waals surface area contributed by atoms with E-state index >= 15 is 0 Å². The van der Waals surface area contributed by atoms with Crippen LogP contribution in [0.4, 0.5) is 14.5 Å². The molecule has 0 radical (unpaired) electrons. The van der Waals surface area contributed by atoms with Gasteiger partial charge in [-0.1, -0.05) is 18.9 Å². The summed E-state index contributed by atoms with van der Waals surface area (Å²) < 4.78 is 28.9. The van der Waals surface area contributed by atoms with Crippen molar-refractivity contribution in [2.75, 3.05) is 5.32 Å². The van der Waals surface area contributed by atoms with Gasteiger partial charge in [0.05, 0.1) is 0 Å². The zero-order valence-electron chi connectivity index (χ0n) is 12.3. The summed E-state index contributed by atoms with van der Waals surface area (Å²) in [6.45, 7) is -2.77. The number of rotatable bonds is 4. The van der Waals surface area contributed by atoms with Gasteiger partial charge >= 0.3 is 6.61 Å². The third-order valence-corrected chi connectivity index (χ3v) is 5.14. The number of alkyl halides is 2. The molecule has 4 heteroatoms. The molecule has 0 aromatic heterocycles. The molecular weight excluding hydrogens is 272 g/mol. The van der Waals surface area contributed by atoms with Crippen LogP contribution in [-0.2, 0) is 0 Å². The second kappa shape index (κ2) is 6.20. The van der Waals surface area contributed by atoms with E-state index in [4.69, 9.17) is 0 Å². The van der Waals surface area contributed by atoms with Gasteiger partial charge in [-0.2, -0.15) is 8.78 Å². The molecule has 1 aromatic carbocycles. The van der Waals surface area contributed by atoms with Crippen molar-refractivity contribution in [3.05, 3.63) is 24.3 Å². The SMILES string of the molecule is FC(F)Oc1cccc(NC2CCC3(CCCC3)CC2)c1. The second-order valence-electron chi connectivity index (χ2n) is 6.53. The lowest BCUT2D eigenvalue weighted by Crippen LogP contribution is -2.31. The maximum Gasteiger partial charge on any atom is 0.387 e. The van der Waals surface area contributed by atoms with Gasteiger partial charge in [0.2, 0.25) is 0 Å². The van der Waals surface area contributed by atoms with Gasteiger partial charge in [-0.25, -0.2) is 0 Å². The minimum atomic E-state index is -2.77. The number of halogens is 2. The first-order valence-corrected chi connectivity index (χ1v) is 7.97. The zero-order chi connectivity index (χ0) is 14.7. The monoisotopic (exact) mass is 295 g/mol. The Hall–Kier alpha value is -1.32. The zero-order valence-corrected chi connectivity index (χ0v) is 12.3. The van der Waals surface area contributed by atoms with Crippen molar-refractivity contribution < 1.29 is 13.5 Å². The molecular formula is C17H23F2NO. The molecule has 2 aliphatic carbocycles. The number of hydrogen-bond donors (Lipinski definition) is 1. The average molecular weight is 295 g/mol. The topological polar surface area (TPSA) is 21.3 Å². The molecule has 0 amide bonds. The number of hydrogen-bond acceptors (Lipinski definition) is 2. The predicted molar refractivity (Wildman–Crippen MR) is 79.9 cm³/mol. The molecule has 2 saturated carbocycles. The molecule has 0 unspecified atom stereocenters. The fraction of sp³-hybridized carbons (Fsp3) is 0.647. The van der Waals surface area contributed by atoms with Crippen LogP contribution in [0.1, 0.15) is 51.4 Å². The van der Waals surface area contributed by atoms with Crippen LogP contribution < -0.4 is 10.1 Å². The van der Waals surface area contributed by atoms with E-state index in [2.05, 4.69) is 10.1 Å². The van der Waals surface area contributed by atoms with Crippen molar-refractivity contribution in [2.24, 2.45) is 5.41 Å². The van der Waals surface area contributed by atoms with E-state index in [0.29, 0.717) is 11.5 Å². The standard InChI is InChI=1S/C17H23F2NO/c18-16(19)21-15-5-3-4-14(12-15)20-13-6-10-17(11-7-13)8-1-2-9-17/h3-5,12-13,16,20H,1-2,6-11H2. The van der Waals surface area contributed by atoms with Crippen molar-refractivity contribution in [2.45, 2.75) is 64.0 Å². The second-order valence-corrected chi connectivity index (χ2v) is 6.53. The Morgan fingerprint density at radius 3 is 2.48 bits per heavy atom. The molecule has 21 heavy (non-hydrogen) atoms. The van der Waals surface area contributed by atoms with E-state index in [1.54, 1.807) is 18.2 Å². The number of benzene rings is 1. The van der Waals surface area contributed by atoms with Crippen LogP contribution in [0, 0.1) is 5.41 Å². The number of nitrogens with one attached hydrogen (secondary N) is 1. The first-order chi connectivity index (χ1) is 10.2. The normalized spacial score (nSPS) is 21.9. The highest BCUT2D eigenvalue weighted by atomic mass is 19.3. The Labute approximate surface area is 124 Å². The van der Waals surface area contributed by atoms with Gasteiger partial charge in [-0.15, -0.1) is 0 Å². The van der Waals surface area contributed by atoms with Gasteiger partial charge in [0.1, 0.15) is 5.75 Å². The number of ether oxygens (including phenoxy) is 1. The Kier molecular flexibility index (Phi) is 4.32. The minimum absolute atomic E-state index is 0.220. The summed E-state index contributed by atoms with van der Waals surface area (Å²) >= 11 is 0. The highest BCUT2D eigenvalue weighted by Gasteiger charge is 2.37. The van der Waals surface area contributed by atoms with Gasteiger partial charge in [-0.05, 0) is 56.1 Å². The van der Waals surface area contributed by atoms with E-state index in [0.717, 1.165) is 5.69 Å². The van der Waals surface area contributed by atoms with Gasteiger partial charge in [-0.3, -0.25) is 0 Å². The highest BCUT2D eigenvalue weighted by Crippen LogP contribution is 2.49. The molecule has 2 fully saturated rings. The highest BCUT2D eigenvalue weighted by molar-refractivity contribution is 5.49. The van der Waals surface area contributed by atoms with Crippen molar-refractivity contribution in [3.8, 4) is 5.75 Å². The van der Waals surface area contributed by atoms with Gasteiger partial charge in [0.15, 0.2) is 0 Å². The van der Waals surface area contributed by atoms with Crippen LogP contribution in [0.15, 0.2) is 24.3 Å². The molecule has 0 heterocycles. The average Bonchev–Trinajstić information content (AvgIpc) is 2.90. The molecule has 2 nitrogen and oxygen atoms in total. The molecule has 0 aliphatic heterocycles. The molecule has 1 spiro atoms. The van der Waals surface area contributed by atoms with Gasteiger partial charge in [0.25, 0.3) is 0 Å². The van der Waals surface area contributed by atoms with Crippen LogP contribution >= 0.6 is 0 Å². The minimum Gasteiger partial charge on any atom is -0.435 e. The summed E-state index contributed by atoms with van der Waals surface area (Å²) in [7, 11) is 0. The molecule has 116 valence electrons. The van der Waals surface area contributed by atoms with E-state index in [9.17, 15) is 8.78 Å². The maximum absolute atomic E-state index is 12.2. The molecule has 0 saturated heterocycles. The fourth-order valence-electron chi connectivity index (χ4n) is 4.00. The predicted octanol–water partition coefficient (Wildman–Crippen LogP) is 5.20. The summed E-state index contributed by atoms with van der Waals surface area (Å²) in [6.07, 6.45) is 10.6. The lowest BCUT2D eigenvalue weighted by atomic mass is 9.71. The van der Waals surface area contributed by atoms with Gasteiger partial charge < -0.3 is 10.1 Å². The van der Waals surface area contributed by atoms with Crippen LogP contribution in [0.5, 0.6) is 5.75 Å². The third-order valence-electron chi connectivity index (χ3n) is 5.14. The van der Waals surface area contributed by atoms with Crippen molar-refractivity contribution in [3.63, 3.8) is 0 Å². The van der Waals surface area contributed by atoms with E-state index in [-0.39, 0.29) is 5.75 Å². The fourth-order valence-corrected chi connectivity index (χ4v) is 4.00. The van der Waals surface area contributed by atoms with Crippen molar-refractivity contribution in [1.29, 1.82) is 0 Å². The Morgan fingerprint density at radius 1 is 1.10 bits per heavy atom. The lowest BCUT2D eigenvalue weighted by Gasteiger charge is -2.37. The van der Waals surface area contributed by atoms with Crippen LogP contribution in [0.25, 0.3) is 0 Å². The van der Waals surface area contributed by atoms with E-state index < -0.39 is 6.61 Å². The lowest BCUT2D eigenvalue weighted by molar-refractivity contribution is -0.0498. The molecule has 1 aromatic rings. The van der Waals surface area contributed by atoms with Gasteiger partial charge in [0, 0.05) is 17.8 Å². The molecule has 2 aliphatic rings. The molecule has 1 N–H and O–H groups in total. The van der Waals surface area contributed by atoms with Crippen LogP contribution in [-0.4, -0.2) is 12.7 Å². The summed E-state index contributed by atoms with van der Waals surface area (Å²) in [5, 5.41) is 3.48. The largest absolute Gasteiger partial charge is 0.435 e. The summed E-state index contributed by atoms with van der Waals surface area (Å²) in [5.41, 5.74) is 1.50. The first kappa shape index (κ1) is 14.6. The van der Waals surface area contributed by atoms with E-state index in [1.807, 2.05) is 6.07 Å². The van der Waals surface area contributed by atoms with Crippen molar-refractivity contribution >= 4 is 5.69 Å². The Morgan fingerprint density at radius 2 is 1.81 bits per heavy atom. The Balaban J connectivity index is 1.55. The summed E-state index contributed by atoms with van der Waals surface area (Å²) in [5.74, 6) is 0.220. The molecule has 3 rings (SSSR count). The molecule has 0 atom stereocenters. The molecule has 0 bridgehead atoms. The summed E-state index contributed by atoms with van der Waals surface area (Å²) in [4.78, 5) is 0. The number of anilines is 1. The van der Waals surface area contributed by atoms with Crippen molar-refractivity contribution in [1.82, 2.24) is 0 Å². The van der Waals surface area contributed by atoms with Crippen LogP contribution in [0.2, 0.25) is 0 Å². The maximum atomic E-state index is 12.2. The smallest absolute Gasteiger partial charge is 0.387 e.